The Morgan fingerprint density at radius 3 is 1.74 bits per heavy atom. The topological polar surface area (TPSA) is 92.8 Å². The number of carbonyl (C=O) groups is 2. The van der Waals surface area contributed by atoms with Crippen LogP contribution in [0.25, 0.3) is 0 Å². The predicted octanol–water partition coefficient (Wildman–Crippen LogP) is 10.2. The Balaban J connectivity index is 2.64. The van der Waals surface area contributed by atoms with Crippen LogP contribution >= 0.6 is 15.9 Å². The largest absolute Gasteiger partial charge is 0.514 e. The number of benzene rings is 2. The molecule has 50 heavy (non-hydrogen) atoms. The molecule has 0 spiro atoms. The van der Waals surface area contributed by atoms with Gasteiger partial charge >= 0.3 is 12.2 Å². The lowest BCUT2D eigenvalue weighted by Gasteiger charge is -2.44. The van der Waals surface area contributed by atoms with E-state index in [2.05, 4.69) is 83.8 Å². The lowest BCUT2D eigenvalue weighted by Crippen LogP contribution is -2.52. The summed E-state index contributed by atoms with van der Waals surface area (Å²) in [5, 5.41) is 0. The Morgan fingerprint density at radius 1 is 0.760 bits per heavy atom. The first-order chi connectivity index (χ1) is 23.8. The van der Waals surface area contributed by atoms with Gasteiger partial charge in [0.1, 0.15) is 48.1 Å². The van der Waals surface area contributed by atoms with E-state index < -0.39 is 26.6 Å². The molecule has 11 heteroatoms. The third-order valence-corrected chi connectivity index (χ3v) is 15.1. The second kappa shape index (κ2) is 21.4. The Bertz CT molecular complexity index is 1370. The van der Waals surface area contributed by atoms with Gasteiger partial charge in [0.05, 0.1) is 12.6 Å². The molecule has 0 bridgehead atoms. The maximum atomic E-state index is 13.9. The van der Waals surface area contributed by atoms with Gasteiger partial charge in [-0.2, -0.15) is 0 Å². The van der Waals surface area contributed by atoms with Crippen LogP contribution in [-0.4, -0.2) is 64.5 Å². The normalized spacial score (nSPS) is 11.9. The van der Waals surface area contributed by atoms with Gasteiger partial charge in [-0.25, -0.2) is 9.59 Å². The highest BCUT2D eigenvalue weighted by Crippen LogP contribution is 2.43. The van der Waals surface area contributed by atoms with E-state index in [4.69, 9.17) is 28.1 Å². The Morgan fingerprint density at radius 2 is 1.26 bits per heavy atom. The summed E-state index contributed by atoms with van der Waals surface area (Å²) in [7, 11) is -2.34. The molecule has 2 aromatic carbocycles. The minimum absolute atomic E-state index is 0.0430. The van der Waals surface area contributed by atoms with Crippen LogP contribution in [0.2, 0.25) is 16.6 Å². The van der Waals surface area contributed by atoms with Crippen LogP contribution in [0.1, 0.15) is 52.7 Å². The second-order valence-electron chi connectivity index (χ2n) is 12.7. The highest BCUT2D eigenvalue weighted by Gasteiger charge is 2.46. The summed E-state index contributed by atoms with van der Waals surface area (Å²) in [5.74, 6) is 1.42. The first kappa shape index (κ1) is 42.4. The minimum Gasteiger partial charge on any atom is -0.488 e. The summed E-state index contributed by atoms with van der Waals surface area (Å²) in [4.78, 5) is 27.6. The minimum atomic E-state index is -2.34. The van der Waals surface area contributed by atoms with Crippen LogP contribution in [0.5, 0.6) is 17.2 Å². The average Bonchev–Trinajstić information content (AvgIpc) is 3.08. The van der Waals surface area contributed by atoms with Crippen molar-refractivity contribution in [3.05, 3.63) is 103 Å². The molecule has 0 N–H and O–H groups in total. The van der Waals surface area contributed by atoms with Crippen molar-refractivity contribution < 1.29 is 37.7 Å². The molecule has 1 unspecified atom stereocenters. The smallest absolute Gasteiger partial charge is 0.488 e. The highest BCUT2D eigenvalue weighted by molar-refractivity contribution is 9.10. The number of halogens is 1. The van der Waals surface area contributed by atoms with E-state index in [0.717, 1.165) is 11.1 Å². The van der Waals surface area contributed by atoms with Crippen LogP contribution in [0.3, 0.4) is 0 Å². The quantitative estimate of drug-likeness (QED) is 0.0506. The summed E-state index contributed by atoms with van der Waals surface area (Å²) < 4.78 is 35.6. The molecule has 2 rings (SSSR count). The van der Waals surface area contributed by atoms with E-state index in [1.54, 1.807) is 29.2 Å². The van der Waals surface area contributed by atoms with Gasteiger partial charge in [-0.05, 0) is 74.4 Å². The zero-order valence-corrected chi connectivity index (χ0v) is 33.0. The number of carbonyl (C=O) groups excluding carboxylic acids is 2. The van der Waals surface area contributed by atoms with Crippen LogP contribution in [-0.2, 0) is 26.9 Å². The van der Waals surface area contributed by atoms with Crippen molar-refractivity contribution in [3.8, 4) is 17.2 Å². The molecule has 9 nitrogen and oxygen atoms in total. The van der Waals surface area contributed by atoms with Crippen molar-refractivity contribution in [1.29, 1.82) is 0 Å². The van der Waals surface area contributed by atoms with Crippen molar-refractivity contribution >= 4 is 36.5 Å². The molecule has 0 radical (unpaired) electrons. The number of ether oxygens (including phenoxy) is 5. The van der Waals surface area contributed by atoms with Crippen LogP contribution in [0, 0.1) is 0 Å². The standard InChI is InChI=1S/C39H54BrNO8Si/c1-11-19-44-35-24-32(25-36(37(35)40)45-20-12-2)26-41(38(42)46-21-13-3)33(27-48-50(28(5)6,29(7)8)30(9)10)23-31-15-17-34(18-16-31)49-39(43)47-22-14-4/h11-18,24-25,28-30,33H,1-4,19-23,26-27H2,5-10H3. The monoisotopic (exact) mass is 771 g/mol. The number of nitrogens with zero attached hydrogens (tertiary/aromatic N) is 1. The van der Waals surface area contributed by atoms with E-state index in [9.17, 15) is 9.59 Å². The van der Waals surface area contributed by atoms with Crippen molar-refractivity contribution in [2.45, 2.75) is 77.2 Å². The van der Waals surface area contributed by atoms with Crippen LogP contribution in [0.4, 0.5) is 9.59 Å². The van der Waals surface area contributed by atoms with Crippen molar-refractivity contribution in [3.63, 3.8) is 0 Å². The summed E-state index contributed by atoms with van der Waals surface area (Å²) in [6, 6.07) is 10.4. The average molecular weight is 773 g/mol. The second-order valence-corrected chi connectivity index (χ2v) is 18.9. The van der Waals surface area contributed by atoms with Gasteiger partial charge in [-0.15, -0.1) is 0 Å². The van der Waals surface area contributed by atoms with Crippen molar-refractivity contribution in [2.24, 2.45) is 0 Å². The molecular weight excluding hydrogens is 718 g/mol. The zero-order chi connectivity index (χ0) is 37.3. The van der Waals surface area contributed by atoms with Gasteiger partial charge in [-0.1, -0.05) is 104 Å². The van der Waals surface area contributed by atoms with Gasteiger partial charge in [-0.3, -0.25) is 4.90 Å². The van der Waals surface area contributed by atoms with E-state index in [0.29, 0.717) is 44.8 Å². The van der Waals surface area contributed by atoms with Crippen molar-refractivity contribution in [2.75, 3.05) is 33.0 Å². The van der Waals surface area contributed by atoms with E-state index >= 15 is 0 Å². The van der Waals surface area contributed by atoms with Gasteiger partial charge < -0.3 is 28.1 Å². The maximum absolute atomic E-state index is 13.9. The fourth-order valence-corrected chi connectivity index (χ4v) is 12.1. The number of hydrogen-bond donors (Lipinski definition) is 0. The highest BCUT2D eigenvalue weighted by atomic mass is 79.9. The molecule has 2 aromatic rings. The third-order valence-electron chi connectivity index (χ3n) is 8.28. The molecule has 0 saturated carbocycles. The molecular formula is C39H54BrNO8Si. The van der Waals surface area contributed by atoms with Crippen LogP contribution in [0.15, 0.2) is 91.5 Å². The van der Waals surface area contributed by atoms with Gasteiger partial charge in [0.2, 0.25) is 0 Å². The van der Waals surface area contributed by atoms with Crippen LogP contribution < -0.4 is 14.2 Å². The van der Waals surface area contributed by atoms with E-state index in [1.165, 1.54) is 12.2 Å². The molecule has 0 aliphatic heterocycles. The first-order valence-electron chi connectivity index (χ1n) is 16.9. The third kappa shape index (κ3) is 12.2. The Hall–Kier alpha value is -3.80. The summed E-state index contributed by atoms with van der Waals surface area (Å²) >= 11 is 3.60. The van der Waals surface area contributed by atoms with E-state index in [-0.39, 0.29) is 39.6 Å². The van der Waals surface area contributed by atoms with Gasteiger partial charge in [0.15, 0.2) is 8.32 Å². The predicted molar refractivity (Wildman–Crippen MR) is 206 cm³/mol. The molecule has 0 fully saturated rings. The molecule has 1 amide bonds. The van der Waals surface area contributed by atoms with Gasteiger partial charge in [0.25, 0.3) is 0 Å². The maximum Gasteiger partial charge on any atom is 0.514 e. The molecule has 0 aliphatic carbocycles. The van der Waals surface area contributed by atoms with E-state index in [1.807, 2.05) is 24.3 Å². The fraction of sp³-hybridized carbons (Fsp3) is 0.436. The molecule has 0 saturated heterocycles. The SMILES string of the molecule is C=CCOC(=O)Oc1ccc(CC(CO[Si](C(C)C)(C(C)C)C(C)C)N(Cc2cc(OCC=C)c(Br)c(OCC=C)c2)C(=O)OCC=C)cc1. The molecule has 0 heterocycles. The Labute approximate surface area is 308 Å². The Kier molecular flexibility index (Phi) is 18.2. The molecule has 0 aliphatic rings. The zero-order valence-electron chi connectivity index (χ0n) is 30.5. The number of hydrogen-bond acceptors (Lipinski definition) is 8. The first-order valence-corrected chi connectivity index (χ1v) is 19.8. The number of rotatable bonds is 22. The molecule has 0 aromatic heterocycles. The summed E-state index contributed by atoms with van der Waals surface area (Å²) in [6.45, 7) is 29.3. The molecule has 1 atom stereocenters. The summed E-state index contributed by atoms with van der Waals surface area (Å²) in [5.41, 5.74) is 2.67. The lowest BCUT2D eigenvalue weighted by molar-refractivity contribution is 0.0726. The van der Waals surface area contributed by atoms with Gasteiger partial charge in [0, 0.05) is 6.54 Å². The fourth-order valence-electron chi connectivity index (χ4n) is 6.20. The molecule has 274 valence electrons. The summed E-state index contributed by atoms with van der Waals surface area (Å²) in [6.07, 6.45) is 5.41. The van der Waals surface area contributed by atoms with Crippen molar-refractivity contribution in [1.82, 2.24) is 4.90 Å². The lowest BCUT2D eigenvalue weighted by atomic mass is 10.0. The number of amides is 1.